The summed E-state index contributed by atoms with van der Waals surface area (Å²) in [6.45, 7) is 0. The SMILES string of the molecule is Nc1ccc2sc3ncc(C(=O)Nc4nnn[nH]4)c(=O)n3c2c1. The number of nitrogen functional groups attached to an aromatic ring is 1. The number of carbonyl (C=O) groups is 1. The second-order valence-electron chi connectivity index (χ2n) is 4.63. The Balaban J connectivity index is 1.90. The van der Waals surface area contributed by atoms with Crippen molar-refractivity contribution in [3.05, 3.63) is 40.3 Å². The molecule has 0 unspecified atom stereocenters. The molecule has 10 nitrogen and oxygen atoms in total. The summed E-state index contributed by atoms with van der Waals surface area (Å²) in [5, 5.41) is 15.0. The molecule has 0 spiro atoms. The molecule has 0 fully saturated rings. The Labute approximate surface area is 131 Å². The van der Waals surface area contributed by atoms with Crippen LogP contribution in [-0.2, 0) is 0 Å². The molecule has 4 rings (SSSR count). The number of nitrogens with zero attached hydrogens (tertiary/aromatic N) is 5. The summed E-state index contributed by atoms with van der Waals surface area (Å²) in [4.78, 5) is 29.5. The molecule has 0 aliphatic rings. The topological polar surface area (TPSA) is 144 Å². The van der Waals surface area contributed by atoms with Gasteiger partial charge in [0.15, 0.2) is 4.96 Å². The normalized spacial score (nSPS) is 11.1. The van der Waals surface area contributed by atoms with Gasteiger partial charge >= 0.3 is 0 Å². The minimum absolute atomic E-state index is 0.0407. The number of aromatic amines is 1. The summed E-state index contributed by atoms with van der Waals surface area (Å²) in [5.41, 5.74) is 6.29. The van der Waals surface area contributed by atoms with Crippen LogP contribution in [0.4, 0.5) is 11.6 Å². The second-order valence-corrected chi connectivity index (χ2v) is 5.64. The van der Waals surface area contributed by atoms with Crippen LogP contribution in [0.25, 0.3) is 15.2 Å². The first-order valence-corrected chi connectivity index (χ1v) is 7.20. The van der Waals surface area contributed by atoms with Crippen molar-refractivity contribution < 1.29 is 4.79 Å². The molecule has 1 aromatic carbocycles. The highest BCUT2D eigenvalue weighted by atomic mass is 32.1. The second kappa shape index (κ2) is 4.84. The van der Waals surface area contributed by atoms with E-state index in [9.17, 15) is 9.59 Å². The van der Waals surface area contributed by atoms with E-state index in [2.05, 4.69) is 30.9 Å². The molecular formula is C12H8N8O2S. The number of carbonyl (C=O) groups excluding carboxylic acids is 1. The Morgan fingerprint density at radius 1 is 1.39 bits per heavy atom. The molecule has 114 valence electrons. The number of rotatable bonds is 2. The van der Waals surface area contributed by atoms with Crippen LogP contribution in [0, 0.1) is 0 Å². The first-order chi connectivity index (χ1) is 11.1. The predicted octanol–water partition coefficient (Wildman–Crippen LogP) is 0.257. The van der Waals surface area contributed by atoms with E-state index in [-0.39, 0.29) is 11.5 Å². The van der Waals surface area contributed by atoms with Gasteiger partial charge in [0.25, 0.3) is 11.5 Å². The number of nitrogens with two attached hydrogens (primary N) is 1. The third-order valence-electron chi connectivity index (χ3n) is 3.18. The minimum atomic E-state index is -0.654. The Morgan fingerprint density at radius 2 is 2.26 bits per heavy atom. The van der Waals surface area contributed by atoms with Crippen molar-refractivity contribution >= 4 is 44.1 Å². The molecule has 0 atom stereocenters. The lowest BCUT2D eigenvalue weighted by atomic mass is 10.3. The molecule has 0 aliphatic heterocycles. The quantitative estimate of drug-likeness (QED) is 0.447. The average Bonchev–Trinajstić information content (AvgIpc) is 3.14. The summed E-state index contributed by atoms with van der Waals surface area (Å²) in [6.07, 6.45) is 1.23. The zero-order valence-corrected chi connectivity index (χ0v) is 12.2. The molecule has 11 heteroatoms. The van der Waals surface area contributed by atoms with E-state index in [0.29, 0.717) is 16.2 Å². The van der Waals surface area contributed by atoms with Gasteiger partial charge in [0, 0.05) is 11.9 Å². The zero-order chi connectivity index (χ0) is 16.0. The van der Waals surface area contributed by atoms with E-state index in [4.69, 9.17) is 5.73 Å². The predicted molar refractivity (Wildman–Crippen MR) is 83.4 cm³/mol. The van der Waals surface area contributed by atoms with Gasteiger partial charge in [-0.15, -0.1) is 0 Å². The van der Waals surface area contributed by atoms with Gasteiger partial charge in [0.1, 0.15) is 5.56 Å². The van der Waals surface area contributed by atoms with Crippen LogP contribution >= 0.6 is 11.3 Å². The lowest BCUT2D eigenvalue weighted by molar-refractivity contribution is 0.102. The van der Waals surface area contributed by atoms with E-state index in [1.54, 1.807) is 12.1 Å². The van der Waals surface area contributed by atoms with E-state index < -0.39 is 11.5 Å². The van der Waals surface area contributed by atoms with E-state index in [1.807, 2.05) is 6.07 Å². The van der Waals surface area contributed by atoms with Gasteiger partial charge in [-0.3, -0.25) is 19.3 Å². The Kier molecular flexibility index (Phi) is 2.81. The van der Waals surface area contributed by atoms with Gasteiger partial charge in [-0.05, 0) is 28.6 Å². The van der Waals surface area contributed by atoms with Crippen molar-refractivity contribution in [2.75, 3.05) is 11.1 Å². The van der Waals surface area contributed by atoms with Gasteiger partial charge in [0.05, 0.1) is 10.2 Å². The summed E-state index contributed by atoms with van der Waals surface area (Å²) in [5.74, 6) is -0.613. The maximum Gasteiger partial charge on any atom is 0.271 e. The lowest BCUT2D eigenvalue weighted by Crippen LogP contribution is -2.26. The molecule has 4 aromatic rings. The number of hydrogen-bond donors (Lipinski definition) is 3. The maximum atomic E-state index is 12.7. The van der Waals surface area contributed by atoms with Crippen LogP contribution in [0.1, 0.15) is 10.4 Å². The highest BCUT2D eigenvalue weighted by molar-refractivity contribution is 7.23. The van der Waals surface area contributed by atoms with E-state index in [1.165, 1.54) is 21.9 Å². The van der Waals surface area contributed by atoms with Gasteiger partial charge < -0.3 is 5.73 Å². The highest BCUT2D eigenvalue weighted by Crippen LogP contribution is 2.25. The Hall–Kier alpha value is -3.34. The number of tetrazole rings is 1. The summed E-state index contributed by atoms with van der Waals surface area (Å²) >= 11 is 1.34. The Morgan fingerprint density at radius 3 is 3.04 bits per heavy atom. The molecule has 23 heavy (non-hydrogen) atoms. The smallest absolute Gasteiger partial charge is 0.271 e. The molecule has 0 saturated heterocycles. The molecule has 3 aromatic heterocycles. The summed E-state index contributed by atoms with van der Waals surface area (Å²) in [7, 11) is 0. The number of benzene rings is 1. The molecule has 1 amide bonds. The lowest BCUT2D eigenvalue weighted by Gasteiger charge is -2.01. The van der Waals surface area contributed by atoms with Crippen molar-refractivity contribution in [3.8, 4) is 0 Å². The fourth-order valence-corrected chi connectivity index (χ4v) is 3.13. The van der Waals surface area contributed by atoms with Crippen molar-refractivity contribution in [2.45, 2.75) is 0 Å². The molecule has 3 heterocycles. The number of H-pyrrole nitrogens is 1. The number of thiazole rings is 1. The van der Waals surface area contributed by atoms with Crippen molar-refractivity contribution in [1.82, 2.24) is 30.0 Å². The van der Waals surface area contributed by atoms with Crippen molar-refractivity contribution in [3.63, 3.8) is 0 Å². The fraction of sp³-hybridized carbons (Fsp3) is 0. The number of fused-ring (bicyclic) bond motifs is 3. The maximum absolute atomic E-state index is 12.7. The molecule has 4 N–H and O–H groups in total. The average molecular weight is 328 g/mol. The van der Waals surface area contributed by atoms with Crippen LogP contribution < -0.4 is 16.6 Å². The number of amides is 1. The monoisotopic (exact) mass is 328 g/mol. The zero-order valence-electron chi connectivity index (χ0n) is 11.3. The number of nitrogens with one attached hydrogen (secondary N) is 2. The van der Waals surface area contributed by atoms with Gasteiger partial charge in [-0.25, -0.2) is 10.1 Å². The number of anilines is 2. The number of aromatic nitrogens is 6. The van der Waals surface area contributed by atoms with Crippen molar-refractivity contribution in [2.24, 2.45) is 0 Å². The molecule has 0 bridgehead atoms. The van der Waals surface area contributed by atoms with Gasteiger partial charge in [-0.2, -0.15) is 0 Å². The van der Waals surface area contributed by atoms with E-state index in [0.717, 1.165) is 4.70 Å². The molecule has 0 saturated carbocycles. The molecular weight excluding hydrogens is 320 g/mol. The number of hydrogen-bond acceptors (Lipinski definition) is 8. The first-order valence-electron chi connectivity index (χ1n) is 6.38. The van der Waals surface area contributed by atoms with Gasteiger partial charge in [0.2, 0.25) is 5.95 Å². The standard InChI is InChI=1S/C12H8N8O2S/c13-5-1-2-8-7(3-5)20-10(22)6(4-14-12(20)23-8)9(21)15-11-16-18-19-17-11/h1-4H,13H2,(H2,15,16,17,18,19,21). The third-order valence-corrected chi connectivity index (χ3v) is 4.21. The summed E-state index contributed by atoms with van der Waals surface area (Å²) < 4.78 is 2.21. The minimum Gasteiger partial charge on any atom is -0.399 e. The van der Waals surface area contributed by atoms with Crippen LogP contribution in [-0.4, -0.2) is 35.9 Å². The van der Waals surface area contributed by atoms with Crippen LogP contribution in [0.15, 0.2) is 29.2 Å². The van der Waals surface area contributed by atoms with Crippen LogP contribution in [0.2, 0.25) is 0 Å². The first kappa shape index (κ1) is 13.3. The fourth-order valence-electron chi connectivity index (χ4n) is 2.16. The Bertz CT molecular complexity index is 1100. The summed E-state index contributed by atoms with van der Waals surface area (Å²) in [6, 6.07) is 5.22. The van der Waals surface area contributed by atoms with Crippen LogP contribution in [0.5, 0.6) is 0 Å². The molecule has 0 radical (unpaired) electrons. The van der Waals surface area contributed by atoms with Gasteiger partial charge in [-0.1, -0.05) is 16.4 Å². The largest absolute Gasteiger partial charge is 0.399 e. The van der Waals surface area contributed by atoms with Crippen LogP contribution in [0.3, 0.4) is 0 Å². The van der Waals surface area contributed by atoms with Crippen molar-refractivity contribution in [1.29, 1.82) is 0 Å². The highest BCUT2D eigenvalue weighted by Gasteiger charge is 2.17. The van der Waals surface area contributed by atoms with E-state index >= 15 is 0 Å². The molecule has 0 aliphatic carbocycles. The third kappa shape index (κ3) is 2.10.